The van der Waals surface area contributed by atoms with E-state index in [0.717, 1.165) is 30.0 Å². The van der Waals surface area contributed by atoms with Crippen LogP contribution in [0.5, 0.6) is 5.75 Å². The fourth-order valence-corrected chi connectivity index (χ4v) is 4.52. The minimum atomic E-state index is -0.444. The third kappa shape index (κ3) is 4.24. The third-order valence-corrected chi connectivity index (χ3v) is 6.29. The topological polar surface area (TPSA) is 81.1 Å². The first-order valence-corrected chi connectivity index (χ1v) is 10.9. The molecule has 0 bridgehead atoms. The molecule has 2 heterocycles. The summed E-state index contributed by atoms with van der Waals surface area (Å²) in [5.41, 5.74) is 5.12. The quantitative estimate of drug-likeness (QED) is 0.591. The number of carbonyl (C=O) groups is 1. The van der Waals surface area contributed by atoms with Gasteiger partial charge in [-0.2, -0.15) is 0 Å². The lowest BCUT2D eigenvalue weighted by atomic mass is 10.0. The number of aromatic nitrogens is 3. The summed E-state index contributed by atoms with van der Waals surface area (Å²) in [6.45, 7) is 2.10. The molecule has 0 saturated heterocycles. The molecule has 4 rings (SSSR count). The Kier molecular flexibility index (Phi) is 6.15. The van der Waals surface area contributed by atoms with Crippen LogP contribution in [-0.4, -0.2) is 33.1 Å². The van der Waals surface area contributed by atoms with Gasteiger partial charge in [-0.25, -0.2) is 4.68 Å². The van der Waals surface area contributed by atoms with Gasteiger partial charge in [-0.05, 0) is 48.4 Å². The number of methoxy groups -OCH3 is 1. The zero-order valence-electron chi connectivity index (χ0n) is 16.6. The normalized spacial score (nSPS) is 17.7. The van der Waals surface area contributed by atoms with Crippen molar-refractivity contribution in [3.05, 3.63) is 64.9 Å². The van der Waals surface area contributed by atoms with Gasteiger partial charge in [0.05, 0.1) is 13.2 Å². The van der Waals surface area contributed by atoms with Gasteiger partial charge in [-0.3, -0.25) is 4.79 Å². The largest absolute Gasteiger partial charge is 0.497 e. The van der Waals surface area contributed by atoms with Crippen LogP contribution in [0.3, 0.4) is 0 Å². The number of nitrogens with zero attached hydrogens (tertiary/aromatic N) is 3. The van der Waals surface area contributed by atoms with Crippen LogP contribution < -0.4 is 15.5 Å². The fraction of sp³-hybridized carbons (Fsp3) is 0.286. The van der Waals surface area contributed by atoms with E-state index in [1.807, 2.05) is 28.9 Å². The van der Waals surface area contributed by atoms with Gasteiger partial charge < -0.3 is 15.5 Å². The maximum Gasteiger partial charge on any atom is 0.240 e. The molecule has 30 heavy (non-hydrogen) atoms. The first kappa shape index (κ1) is 20.6. The van der Waals surface area contributed by atoms with Crippen molar-refractivity contribution in [2.75, 3.05) is 17.9 Å². The summed E-state index contributed by atoms with van der Waals surface area (Å²) in [6.07, 6.45) is 1.76. The molecule has 3 aromatic rings. The maximum atomic E-state index is 13.2. The second kappa shape index (κ2) is 8.97. The molecule has 0 aliphatic carbocycles. The first-order chi connectivity index (χ1) is 14.6. The Hall–Kier alpha value is -2.71. The number of thioether (sulfide) groups is 1. The molecule has 7 nitrogen and oxygen atoms in total. The second-order valence-corrected chi connectivity index (χ2v) is 8.44. The van der Waals surface area contributed by atoms with Gasteiger partial charge in [-0.15, -0.1) is 10.2 Å². The number of benzene rings is 2. The van der Waals surface area contributed by atoms with E-state index in [1.54, 1.807) is 31.4 Å². The average molecular weight is 444 g/mol. The van der Waals surface area contributed by atoms with Gasteiger partial charge in [0.2, 0.25) is 11.1 Å². The standard InChI is InChI=1S/C21H22ClN5O2S/c1-3-4-17-24-25-21-27(17)26-18(13-5-11-16(29-2)12-6-13)19(30-21)20(28)23-15-9-7-14(22)8-10-15/h5-12,18-19,26H,3-4H2,1-2H3,(H,23,28)/t18-,19-/m0/s1. The summed E-state index contributed by atoms with van der Waals surface area (Å²) in [6, 6.07) is 14.5. The number of anilines is 1. The molecule has 9 heteroatoms. The van der Waals surface area contributed by atoms with Crippen LogP contribution >= 0.6 is 23.4 Å². The Labute approximate surface area is 184 Å². The van der Waals surface area contributed by atoms with Crippen LogP contribution in [0.15, 0.2) is 53.7 Å². The van der Waals surface area contributed by atoms with Crippen LogP contribution in [0.2, 0.25) is 5.02 Å². The molecule has 0 saturated carbocycles. The summed E-state index contributed by atoms with van der Waals surface area (Å²) < 4.78 is 7.17. The molecule has 0 radical (unpaired) electrons. The number of halogens is 1. The van der Waals surface area contributed by atoms with Gasteiger partial charge in [0.25, 0.3) is 0 Å². The molecule has 0 unspecified atom stereocenters. The minimum absolute atomic E-state index is 0.123. The van der Waals surface area contributed by atoms with Gasteiger partial charge >= 0.3 is 0 Å². The van der Waals surface area contributed by atoms with E-state index in [1.165, 1.54) is 11.8 Å². The number of hydrogen-bond donors (Lipinski definition) is 2. The lowest BCUT2D eigenvalue weighted by Crippen LogP contribution is -2.41. The van der Waals surface area contributed by atoms with Crippen LogP contribution in [0.1, 0.15) is 30.8 Å². The van der Waals surface area contributed by atoms with Crippen molar-refractivity contribution in [1.82, 2.24) is 14.9 Å². The zero-order valence-corrected chi connectivity index (χ0v) is 18.2. The lowest BCUT2D eigenvalue weighted by Gasteiger charge is -2.33. The van der Waals surface area contributed by atoms with Crippen LogP contribution in [-0.2, 0) is 11.2 Å². The van der Waals surface area contributed by atoms with E-state index in [9.17, 15) is 4.79 Å². The van der Waals surface area contributed by atoms with E-state index in [4.69, 9.17) is 16.3 Å². The molecule has 0 spiro atoms. The van der Waals surface area contributed by atoms with Crippen molar-refractivity contribution in [1.29, 1.82) is 0 Å². The van der Waals surface area contributed by atoms with Gasteiger partial charge in [0.1, 0.15) is 11.0 Å². The first-order valence-electron chi connectivity index (χ1n) is 9.67. The summed E-state index contributed by atoms with van der Waals surface area (Å²) in [4.78, 5) is 13.2. The van der Waals surface area contributed by atoms with Gasteiger partial charge in [0, 0.05) is 17.1 Å². The number of ether oxygens (including phenoxy) is 1. The average Bonchev–Trinajstić information content (AvgIpc) is 3.16. The molecule has 2 atom stereocenters. The molecule has 1 aromatic heterocycles. The molecule has 2 N–H and O–H groups in total. The molecule has 1 aliphatic heterocycles. The molecular formula is C21H22ClN5O2S. The number of fused-ring (bicyclic) bond motifs is 1. The molecule has 2 aromatic carbocycles. The Morgan fingerprint density at radius 2 is 1.93 bits per heavy atom. The second-order valence-electron chi connectivity index (χ2n) is 6.90. The Morgan fingerprint density at radius 1 is 1.20 bits per heavy atom. The molecular weight excluding hydrogens is 422 g/mol. The summed E-state index contributed by atoms with van der Waals surface area (Å²) in [5.74, 6) is 1.50. The number of carbonyl (C=O) groups excluding carboxylic acids is 1. The van der Waals surface area contributed by atoms with Crippen molar-refractivity contribution in [3.63, 3.8) is 0 Å². The molecule has 1 amide bonds. The number of aryl methyl sites for hydroxylation is 1. The van der Waals surface area contributed by atoms with Crippen molar-refractivity contribution in [2.24, 2.45) is 0 Å². The highest BCUT2D eigenvalue weighted by Gasteiger charge is 2.37. The predicted octanol–water partition coefficient (Wildman–Crippen LogP) is 4.29. The zero-order chi connectivity index (χ0) is 21.1. The smallest absolute Gasteiger partial charge is 0.240 e. The van der Waals surface area contributed by atoms with E-state index in [2.05, 4.69) is 27.9 Å². The third-order valence-electron chi connectivity index (χ3n) is 4.82. The summed E-state index contributed by atoms with van der Waals surface area (Å²) in [5, 5.41) is 12.4. The van der Waals surface area contributed by atoms with Crippen molar-refractivity contribution in [2.45, 2.75) is 36.2 Å². The number of nitrogens with one attached hydrogen (secondary N) is 2. The Morgan fingerprint density at radius 3 is 2.60 bits per heavy atom. The summed E-state index contributed by atoms with van der Waals surface area (Å²) >= 11 is 7.36. The highest BCUT2D eigenvalue weighted by atomic mass is 35.5. The maximum absolute atomic E-state index is 13.2. The Balaban J connectivity index is 1.65. The van der Waals surface area contributed by atoms with Crippen LogP contribution in [0, 0.1) is 0 Å². The van der Waals surface area contributed by atoms with E-state index in [0.29, 0.717) is 15.9 Å². The van der Waals surface area contributed by atoms with Crippen LogP contribution in [0.25, 0.3) is 0 Å². The van der Waals surface area contributed by atoms with E-state index in [-0.39, 0.29) is 11.9 Å². The molecule has 156 valence electrons. The number of hydrogen-bond acceptors (Lipinski definition) is 6. The van der Waals surface area contributed by atoms with Crippen LogP contribution in [0.4, 0.5) is 5.69 Å². The molecule has 0 fully saturated rings. The highest BCUT2D eigenvalue weighted by molar-refractivity contribution is 8.00. The van der Waals surface area contributed by atoms with E-state index < -0.39 is 5.25 Å². The molecule has 1 aliphatic rings. The van der Waals surface area contributed by atoms with Gasteiger partial charge in [-0.1, -0.05) is 42.4 Å². The SMILES string of the molecule is CCCc1nnc2n1N[C@@H](c1ccc(OC)cc1)[C@@H](C(=O)Nc1ccc(Cl)cc1)S2. The highest BCUT2D eigenvalue weighted by Crippen LogP contribution is 2.38. The minimum Gasteiger partial charge on any atom is -0.497 e. The van der Waals surface area contributed by atoms with Crippen molar-refractivity contribution >= 4 is 35.0 Å². The number of amides is 1. The monoisotopic (exact) mass is 443 g/mol. The summed E-state index contributed by atoms with van der Waals surface area (Å²) in [7, 11) is 1.63. The van der Waals surface area contributed by atoms with Gasteiger partial charge in [0.15, 0.2) is 5.82 Å². The predicted molar refractivity (Wildman–Crippen MR) is 119 cm³/mol. The lowest BCUT2D eigenvalue weighted by molar-refractivity contribution is -0.116. The van der Waals surface area contributed by atoms with E-state index >= 15 is 0 Å². The van der Waals surface area contributed by atoms with Crippen molar-refractivity contribution < 1.29 is 9.53 Å². The van der Waals surface area contributed by atoms with Crippen molar-refractivity contribution in [3.8, 4) is 5.75 Å². The number of rotatable bonds is 6. The Bertz CT molecular complexity index is 1020. The fourth-order valence-electron chi connectivity index (χ4n) is 3.29.